The second kappa shape index (κ2) is 15.0. The third kappa shape index (κ3) is 7.72. The summed E-state index contributed by atoms with van der Waals surface area (Å²) in [5, 5.41) is 36.9. The molecule has 0 saturated carbocycles. The minimum Gasteiger partial charge on any atom is -0.478 e. The number of hydrogen-bond acceptors (Lipinski definition) is 11. The number of benzene rings is 2. The van der Waals surface area contributed by atoms with Crippen LogP contribution in [0.1, 0.15) is 82.0 Å². The average molecular weight is 699 g/mol. The van der Waals surface area contributed by atoms with Crippen molar-refractivity contribution in [3.05, 3.63) is 117 Å². The highest BCUT2D eigenvalue weighted by molar-refractivity contribution is 6.06. The first kappa shape index (κ1) is 35.8. The first-order chi connectivity index (χ1) is 24.8. The first-order valence-electron chi connectivity index (χ1n) is 15.6. The summed E-state index contributed by atoms with van der Waals surface area (Å²) in [6, 6.07) is 14.4. The number of rotatable bonds is 9. The van der Waals surface area contributed by atoms with Crippen molar-refractivity contribution < 1.29 is 29.0 Å². The third-order valence-corrected chi connectivity index (χ3v) is 7.64. The smallest absolute Gasteiger partial charge is 0.342 e. The molecule has 2 amide bonds. The van der Waals surface area contributed by atoms with Crippen LogP contribution in [-0.2, 0) is 17.8 Å². The largest absolute Gasteiger partial charge is 0.478 e. The molecule has 0 aliphatic carbocycles. The van der Waals surface area contributed by atoms with Gasteiger partial charge in [0.25, 0.3) is 11.8 Å². The summed E-state index contributed by atoms with van der Waals surface area (Å²) in [6.07, 6.45) is 6.07. The first-order valence-corrected chi connectivity index (χ1v) is 15.6. The van der Waals surface area contributed by atoms with Crippen molar-refractivity contribution in [3.63, 3.8) is 0 Å². The lowest BCUT2D eigenvalue weighted by Crippen LogP contribution is -2.13. The molecule has 52 heavy (non-hydrogen) atoms. The van der Waals surface area contributed by atoms with Crippen LogP contribution in [0.25, 0.3) is 21.8 Å². The number of aromatic carboxylic acids is 1. The number of carbonyl (C=O) groups is 4. The van der Waals surface area contributed by atoms with Crippen molar-refractivity contribution >= 4 is 45.6 Å². The zero-order valence-electron chi connectivity index (χ0n) is 28.1. The fourth-order valence-corrected chi connectivity index (χ4v) is 5.46. The van der Waals surface area contributed by atoms with Gasteiger partial charge in [-0.1, -0.05) is 0 Å². The lowest BCUT2D eigenvalue weighted by Gasteiger charge is -2.08. The Hall–Kier alpha value is -7.46. The highest BCUT2D eigenvalue weighted by Gasteiger charge is 2.19. The van der Waals surface area contributed by atoms with Gasteiger partial charge in [-0.25, -0.2) is 9.59 Å². The van der Waals surface area contributed by atoms with E-state index in [2.05, 4.69) is 20.2 Å². The highest BCUT2D eigenvalue weighted by atomic mass is 16.5. The molecule has 0 radical (unpaired) electrons. The van der Waals surface area contributed by atoms with Crippen molar-refractivity contribution in [3.8, 4) is 12.1 Å². The lowest BCUT2D eigenvalue weighted by atomic mass is 10.0. The van der Waals surface area contributed by atoms with E-state index in [1.807, 2.05) is 44.2 Å². The molecule has 0 aliphatic rings. The number of carboxylic acids is 1. The van der Waals surface area contributed by atoms with Gasteiger partial charge in [-0.2, -0.15) is 20.7 Å². The zero-order chi connectivity index (χ0) is 37.7. The fourth-order valence-electron chi connectivity index (χ4n) is 5.46. The Morgan fingerprint density at radius 1 is 0.731 bits per heavy atom. The number of amides is 2. The molecule has 0 saturated heterocycles. The van der Waals surface area contributed by atoms with E-state index in [4.69, 9.17) is 26.6 Å². The third-order valence-electron chi connectivity index (χ3n) is 7.64. The Kier molecular flexibility index (Phi) is 10.3. The Balaban J connectivity index is 0.000000202. The number of hydrogen-bond donors (Lipinski definition) is 3. The second-order valence-corrected chi connectivity index (χ2v) is 11.6. The molecule has 0 aliphatic heterocycles. The van der Waals surface area contributed by atoms with Crippen molar-refractivity contribution in [1.29, 1.82) is 10.5 Å². The van der Waals surface area contributed by atoms with E-state index in [1.165, 1.54) is 21.8 Å². The molecule has 4 aromatic heterocycles. The van der Waals surface area contributed by atoms with Crippen LogP contribution in [0.4, 0.5) is 0 Å². The number of carbonyl (C=O) groups excluding carboxylic acids is 3. The van der Waals surface area contributed by atoms with Crippen LogP contribution in [0.15, 0.2) is 61.2 Å². The molecule has 4 heterocycles. The molecule has 260 valence electrons. The standard InChI is InChI=1S/C19H17N5O3.C17H13N5O3/c1-3-27-19(26)15-10-24(23-16(15)7-20)9-12-5-13-4-11(2)8-22-17(13)14(6-12)18(21)25;1-9-2-11-3-10(4-12(16(19)23)15(11)20-6-9)7-22-8-13(17(24)25)14(5-18)21-22/h4-6,8,10H,3,9H2,1-2H3,(H2,21,25);2-4,6,8H,7H2,1H3,(H2,19,23)(H,24,25). The van der Waals surface area contributed by atoms with Crippen LogP contribution in [-0.4, -0.2) is 65.0 Å². The molecule has 0 atom stereocenters. The monoisotopic (exact) mass is 698 g/mol. The van der Waals surface area contributed by atoms with Gasteiger partial charge in [0.1, 0.15) is 23.3 Å². The number of primary amides is 2. The number of aromatic nitrogens is 6. The molecule has 5 N–H and O–H groups in total. The molecule has 6 rings (SSSR count). The Labute approximate surface area is 295 Å². The molecule has 2 aromatic carbocycles. The Morgan fingerprint density at radius 2 is 1.17 bits per heavy atom. The van der Waals surface area contributed by atoms with E-state index in [0.717, 1.165) is 27.5 Å². The maximum atomic E-state index is 11.9. The van der Waals surface area contributed by atoms with Crippen molar-refractivity contribution in [2.24, 2.45) is 11.5 Å². The highest BCUT2D eigenvalue weighted by Crippen LogP contribution is 2.23. The maximum Gasteiger partial charge on any atom is 0.342 e. The summed E-state index contributed by atoms with van der Waals surface area (Å²) < 4.78 is 7.75. The summed E-state index contributed by atoms with van der Waals surface area (Å²) in [7, 11) is 0. The van der Waals surface area contributed by atoms with E-state index in [-0.39, 0.29) is 47.8 Å². The summed E-state index contributed by atoms with van der Waals surface area (Å²) in [5.41, 5.74) is 15.6. The van der Waals surface area contributed by atoms with Crippen molar-refractivity contribution in [2.75, 3.05) is 6.61 Å². The van der Waals surface area contributed by atoms with Crippen LogP contribution in [0.2, 0.25) is 0 Å². The summed E-state index contributed by atoms with van der Waals surface area (Å²) in [5.74, 6) is -3.01. The van der Waals surface area contributed by atoms with Gasteiger partial charge < -0.3 is 21.3 Å². The van der Waals surface area contributed by atoms with E-state index < -0.39 is 23.8 Å². The molecule has 0 unspecified atom stereocenters. The van der Waals surface area contributed by atoms with Gasteiger partial charge >= 0.3 is 11.9 Å². The molecule has 0 spiro atoms. The minimum atomic E-state index is -1.22. The molecule has 0 bridgehead atoms. The second-order valence-electron chi connectivity index (χ2n) is 11.6. The van der Waals surface area contributed by atoms with Gasteiger partial charge in [-0.3, -0.25) is 28.9 Å². The normalized spacial score (nSPS) is 10.6. The van der Waals surface area contributed by atoms with Crippen LogP contribution in [0, 0.1) is 36.5 Å². The van der Waals surface area contributed by atoms with Gasteiger partial charge in [0.2, 0.25) is 0 Å². The molecular weight excluding hydrogens is 668 g/mol. The van der Waals surface area contributed by atoms with Gasteiger partial charge in [-0.05, 0) is 79.4 Å². The number of carboxylic acid groups (broad SMARTS) is 1. The zero-order valence-corrected chi connectivity index (χ0v) is 28.1. The van der Waals surface area contributed by atoms with E-state index >= 15 is 0 Å². The number of fused-ring (bicyclic) bond motifs is 2. The molecule has 16 nitrogen and oxygen atoms in total. The number of nitrogens with two attached hydrogens (primary N) is 2. The predicted molar refractivity (Wildman–Crippen MR) is 185 cm³/mol. The quantitative estimate of drug-likeness (QED) is 0.184. The fraction of sp³-hybridized carbons (Fsp3) is 0.167. The van der Waals surface area contributed by atoms with Crippen molar-refractivity contribution in [2.45, 2.75) is 33.9 Å². The number of esters is 1. The average Bonchev–Trinajstić information content (AvgIpc) is 3.71. The van der Waals surface area contributed by atoms with Crippen LogP contribution < -0.4 is 11.5 Å². The van der Waals surface area contributed by atoms with Crippen LogP contribution >= 0.6 is 0 Å². The van der Waals surface area contributed by atoms with Crippen LogP contribution in [0.5, 0.6) is 0 Å². The van der Waals surface area contributed by atoms with Crippen LogP contribution in [0.3, 0.4) is 0 Å². The van der Waals surface area contributed by atoms with Gasteiger partial charge in [0, 0.05) is 35.6 Å². The van der Waals surface area contributed by atoms with Crippen molar-refractivity contribution in [1.82, 2.24) is 29.5 Å². The number of ether oxygens (including phenoxy) is 1. The minimum absolute atomic E-state index is 0.0122. The summed E-state index contributed by atoms with van der Waals surface area (Å²) in [6.45, 7) is 6.11. The molecular formula is C36H30N10O6. The number of pyridine rings is 2. The Morgan fingerprint density at radius 3 is 1.56 bits per heavy atom. The SMILES string of the molecule is CCOC(=O)c1cn(Cc2cc(C(N)=O)c3ncc(C)cc3c2)nc1C#N.Cc1cnc2c(C(N)=O)cc(Cn3cc(C(=O)O)c(C#N)n3)cc2c1. The van der Waals surface area contributed by atoms with Gasteiger partial charge in [0.15, 0.2) is 11.4 Å². The van der Waals surface area contributed by atoms with Gasteiger partial charge in [-0.15, -0.1) is 0 Å². The summed E-state index contributed by atoms with van der Waals surface area (Å²) >= 11 is 0. The van der Waals surface area contributed by atoms with E-state index in [1.54, 1.807) is 37.5 Å². The van der Waals surface area contributed by atoms with E-state index in [0.29, 0.717) is 22.2 Å². The Bertz CT molecular complexity index is 2500. The number of nitrogens with zero attached hydrogens (tertiary/aromatic N) is 8. The number of aryl methyl sites for hydroxylation is 2. The maximum absolute atomic E-state index is 11.9. The summed E-state index contributed by atoms with van der Waals surface area (Å²) in [4.78, 5) is 55.2. The molecule has 16 heteroatoms. The van der Waals surface area contributed by atoms with E-state index in [9.17, 15) is 24.4 Å². The predicted octanol–water partition coefficient (Wildman–Crippen LogP) is 3.39. The lowest BCUT2D eigenvalue weighted by molar-refractivity contribution is 0.0525. The topological polar surface area (TPSA) is 259 Å². The molecule has 0 fully saturated rings. The molecule has 6 aromatic rings. The van der Waals surface area contributed by atoms with Gasteiger partial charge in [0.05, 0.1) is 41.9 Å². The number of nitriles is 2.